The first-order valence-electron chi connectivity index (χ1n) is 7.63. The topological polar surface area (TPSA) is 35.5 Å². The molecular formula is C17H22N2OS. The van der Waals surface area contributed by atoms with Crippen LogP contribution in [0.25, 0.3) is 0 Å². The zero-order valence-corrected chi connectivity index (χ0v) is 13.0. The number of aliphatic hydroxyl groups excluding tert-OH is 1. The first-order chi connectivity index (χ1) is 10.3. The summed E-state index contributed by atoms with van der Waals surface area (Å²) in [5.41, 5.74) is 2.37. The van der Waals surface area contributed by atoms with Gasteiger partial charge in [0.1, 0.15) is 6.10 Å². The second kappa shape index (κ2) is 6.96. The normalized spacial score (nSPS) is 16.7. The van der Waals surface area contributed by atoms with E-state index in [9.17, 15) is 5.11 Å². The van der Waals surface area contributed by atoms with Crippen LogP contribution in [0, 0.1) is 0 Å². The van der Waals surface area contributed by atoms with E-state index in [2.05, 4.69) is 34.5 Å². The molecule has 0 amide bonds. The van der Waals surface area contributed by atoms with Crippen molar-refractivity contribution in [2.24, 2.45) is 0 Å². The minimum atomic E-state index is -0.438. The van der Waals surface area contributed by atoms with Crippen molar-refractivity contribution in [3.05, 3.63) is 46.7 Å². The Kier molecular flexibility index (Phi) is 4.78. The molecule has 2 heterocycles. The lowest BCUT2D eigenvalue weighted by Crippen LogP contribution is -2.29. The van der Waals surface area contributed by atoms with Gasteiger partial charge in [-0.25, -0.2) is 0 Å². The smallest absolute Gasteiger partial charge is 0.105 e. The van der Waals surface area contributed by atoms with E-state index in [0.29, 0.717) is 6.54 Å². The number of nitrogens with one attached hydrogen (secondary N) is 1. The highest BCUT2D eigenvalue weighted by Gasteiger charge is 2.11. The highest BCUT2D eigenvalue weighted by molar-refractivity contribution is 7.10. The predicted molar refractivity (Wildman–Crippen MR) is 90.3 cm³/mol. The molecule has 0 spiro atoms. The maximum Gasteiger partial charge on any atom is 0.105 e. The van der Waals surface area contributed by atoms with Crippen molar-refractivity contribution in [1.82, 2.24) is 0 Å². The van der Waals surface area contributed by atoms with Crippen LogP contribution in [0.5, 0.6) is 0 Å². The number of hydrogen-bond donors (Lipinski definition) is 2. The quantitative estimate of drug-likeness (QED) is 0.879. The summed E-state index contributed by atoms with van der Waals surface area (Å²) in [5.74, 6) is 0. The molecule has 112 valence electrons. The van der Waals surface area contributed by atoms with Crippen LogP contribution < -0.4 is 10.2 Å². The van der Waals surface area contributed by atoms with Gasteiger partial charge in [-0.2, -0.15) is 0 Å². The van der Waals surface area contributed by atoms with Crippen molar-refractivity contribution in [2.75, 3.05) is 29.9 Å². The molecule has 3 rings (SSSR count). The number of nitrogens with zero attached hydrogens (tertiary/aromatic N) is 1. The lowest BCUT2D eigenvalue weighted by atomic mass is 10.1. The average Bonchev–Trinajstić information content (AvgIpc) is 3.08. The maximum absolute atomic E-state index is 10.1. The van der Waals surface area contributed by atoms with Crippen LogP contribution in [0.4, 0.5) is 11.4 Å². The van der Waals surface area contributed by atoms with Gasteiger partial charge in [-0.3, -0.25) is 0 Å². The fourth-order valence-electron chi connectivity index (χ4n) is 2.74. The summed E-state index contributed by atoms with van der Waals surface area (Å²) in [4.78, 5) is 3.46. The minimum Gasteiger partial charge on any atom is -0.386 e. The van der Waals surface area contributed by atoms with E-state index in [-0.39, 0.29) is 0 Å². The Morgan fingerprint density at radius 2 is 1.86 bits per heavy atom. The number of anilines is 2. The molecule has 21 heavy (non-hydrogen) atoms. The maximum atomic E-state index is 10.1. The molecule has 1 atom stereocenters. The third kappa shape index (κ3) is 3.77. The molecule has 1 unspecified atom stereocenters. The fraction of sp³-hybridized carbons (Fsp3) is 0.412. The van der Waals surface area contributed by atoms with Gasteiger partial charge in [0.05, 0.1) is 0 Å². The van der Waals surface area contributed by atoms with Gasteiger partial charge in [-0.1, -0.05) is 6.07 Å². The van der Waals surface area contributed by atoms with E-state index in [1.807, 2.05) is 17.5 Å². The Labute approximate surface area is 130 Å². The molecule has 0 bridgehead atoms. The zero-order chi connectivity index (χ0) is 14.5. The van der Waals surface area contributed by atoms with Gasteiger partial charge in [0.25, 0.3) is 0 Å². The summed E-state index contributed by atoms with van der Waals surface area (Å²) in [5, 5.41) is 15.4. The summed E-state index contributed by atoms with van der Waals surface area (Å²) in [7, 11) is 0. The van der Waals surface area contributed by atoms with Crippen LogP contribution in [0.15, 0.2) is 41.8 Å². The number of rotatable bonds is 5. The van der Waals surface area contributed by atoms with Crippen LogP contribution in [0.2, 0.25) is 0 Å². The Bertz CT molecular complexity index is 532. The second-order valence-corrected chi connectivity index (χ2v) is 6.49. The highest BCUT2D eigenvalue weighted by Crippen LogP contribution is 2.23. The summed E-state index contributed by atoms with van der Waals surface area (Å²) in [6, 6.07) is 12.5. The Hall–Kier alpha value is -1.52. The van der Waals surface area contributed by atoms with Gasteiger partial charge in [0.2, 0.25) is 0 Å². The van der Waals surface area contributed by atoms with E-state index in [1.165, 1.54) is 38.0 Å². The van der Waals surface area contributed by atoms with Crippen LogP contribution in [0.3, 0.4) is 0 Å². The molecule has 1 aromatic carbocycles. The third-order valence-corrected chi connectivity index (χ3v) is 4.93. The number of piperidine rings is 1. The van der Waals surface area contributed by atoms with Crippen molar-refractivity contribution < 1.29 is 5.11 Å². The van der Waals surface area contributed by atoms with Crippen LogP contribution in [-0.4, -0.2) is 24.7 Å². The van der Waals surface area contributed by atoms with Crippen LogP contribution in [-0.2, 0) is 0 Å². The molecule has 0 saturated carbocycles. The molecule has 3 nitrogen and oxygen atoms in total. The van der Waals surface area contributed by atoms with Gasteiger partial charge in [0, 0.05) is 35.9 Å². The van der Waals surface area contributed by atoms with Gasteiger partial charge in [-0.05, 0) is 55.0 Å². The predicted octanol–water partition coefficient (Wildman–Crippen LogP) is 3.88. The first-order valence-corrected chi connectivity index (χ1v) is 8.51. The number of benzene rings is 1. The Morgan fingerprint density at radius 3 is 2.52 bits per heavy atom. The SMILES string of the molecule is OC(CNc1ccc(N2CCCCC2)cc1)c1cccs1. The van der Waals surface area contributed by atoms with Crippen molar-refractivity contribution in [3.8, 4) is 0 Å². The van der Waals surface area contributed by atoms with Crippen molar-refractivity contribution >= 4 is 22.7 Å². The van der Waals surface area contributed by atoms with Gasteiger partial charge in [0.15, 0.2) is 0 Å². The molecular weight excluding hydrogens is 280 g/mol. The van der Waals surface area contributed by atoms with E-state index >= 15 is 0 Å². The van der Waals surface area contributed by atoms with Crippen molar-refractivity contribution in [3.63, 3.8) is 0 Å². The second-order valence-electron chi connectivity index (χ2n) is 5.51. The molecule has 0 radical (unpaired) electrons. The van der Waals surface area contributed by atoms with Crippen molar-refractivity contribution in [2.45, 2.75) is 25.4 Å². The van der Waals surface area contributed by atoms with Gasteiger partial charge < -0.3 is 15.3 Å². The molecule has 1 aliphatic heterocycles. The fourth-order valence-corrected chi connectivity index (χ4v) is 3.45. The largest absolute Gasteiger partial charge is 0.386 e. The number of thiophene rings is 1. The van der Waals surface area contributed by atoms with Crippen LogP contribution >= 0.6 is 11.3 Å². The molecule has 1 aliphatic rings. The molecule has 0 aliphatic carbocycles. The highest BCUT2D eigenvalue weighted by atomic mass is 32.1. The summed E-state index contributed by atoms with van der Waals surface area (Å²) < 4.78 is 0. The van der Waals surface area contributed by atoms with Crippen LogP contribution in [0.1, 0.15) is 30.2 Å². The number of hydrogen-bond acceptors (Lipinski definition) is 4. The third-order valence-electron chi connectivity index (χ3n) is 3.96. The summed E-state index contributed by atoms with van der Waals surface area (Å²) >= 11 is 1.59. The standard InChI is InChI=1S/C17H22N2OS/c20-16(17-5-4-12-21-17)13-18-14-6-8-15(9-7-14)19-10-2-1-3-11-19/h4-9,12,16,18,20H,1-3,10-11,13H2. The Morgan fingerprint density at radius 1 is 1.10 bits per heavy atom. The van der Waals surface area contributed by atoms with Gasteiger partial charge in [-0.15, -0.1) is 11.3 Å². The zero-order valence-electron chi connectivity index (χ0n) is 12.2. The van der Waals surface area contributed by atoms with Crippen molar-refractivity contribution in [1.29, 1.82) is 0 Å². The van der Waals surface area contributed by atoms with E-state index in [0.717, 1.165) is 10.6 Å². The minimum absolute atomic E-state index is 0.438. The molecule has 4 heteroatoms. The molecule has 1 saturated heterocycles. The number of aliphatic hydroxyl groups is 1. The average molecular weight is 302 g/mol. The van der Waals surface area contributed by atoms with Gasteiger partial charge >= 0.3 is 0 Å². The molecule has 1 aromatic heterocycles. The lowest BCUT2D eigenvalue weighted by molar-refractivity contribution is 0.195. The Balaban J connectivity index is 1.54. The molecule has 2 N–H and O–H groups in total. The molecule has 2 aromatic rings. The molecule has 1 fully saturated rings. The first kappa shape index (κ1) is 14.4. The van der Waals surface area contributed by atoms with E-state index < -0.39 is 6.10 Å². The monoisotopic (exact) mass is 302 g/mol. The lowest BCUT2D eigenvalue weighted by Gasteiger charge is -2.28. The van der Waals surface area contributed by atoms with E-state index in [4.69, 9.17) is 0 Å². The van der Waals surface area contributed by atoms with E-state index in [1.54, 1.807) is 11.3 Å². The summed E-state index contributed by atoms with van der Waals surface area (Å²) in [6.45, 7) is 2.89. The summed E-state index contributed by atoms with van der Waals surface area (Å²) in [6.07, 6.45) is 3.52.